The molecule has 0 saturated heterocycles. The Morgan fingerprint density at radius 1 is 1.12 bits per heavy atom. The highest BCUT2D eigenvalue weighted by Gasteiger charge is 2.07. The molecule has 0 atom stereocenters. The van der Waals surface area contributed by atoms with E-state index in [0.717, 1.165) is 24.1 Å². The highest BCUT2D eigenvalue weighted by Crippen LogP contribution is 2.11. The number of halogens is 1. The van der Waals surface area contributed by atoms with E-state index in [1.165, 1.54) is 12.1 Å². The second-order valence-electron chi connectivity index (χ2n) is 5.50. The number of carbonyl (C=O) groups excluding carboxylic acids is 1. The summed E-state index contributed by atoms with van der Waals surface area (Å²) in [6.07, 6.45) is 1.85. The van der Waals surface area contributed by atoms with E-state index in [1.54, 1.807) is 36.4 Å². The minimum Gasteiger partial charge on any atom is -0.462 e. The monoisotopic (exact) mass is 360 g/mol. The Hall–Kier alpha value is -2.47. The van der Waals surface area contributed by atoms with Crippen LogP contribution in [0, 0.1) is 5.82 Å². The maximum Gasteiger partial charge on any atom is 0.338 e. The first-order valence-electron chi connectivity index (χ1n) is 8.15. The second kappa shape index (κ2) is 9.74. The molecule has 132 valence electrons. The van der Waals surface area contributed by atoms with Crippen molar-refractivity contribution < 1.29 is 13.9 Å². The Labute approximate surface area is 152 Å². The van der Waals surface area contributed by atoms with Gasteiger partial charge in [-0.1, -0.05) is 25.5 Å². The van der Waals surface area contributed by atoms with Crippen molar-refractivity contribution in [3.63, 3.8) is 0 Å². The number of hydrogen-bond donors (Lipinski definition) is 2. The zero-order valence-electron chi connectivity index (χ0n) is 14.0. The molecule has 2 N–H and O–H groups in total. The van der Waals surface area contributed by atoms with E-state index < -0.39 is 0 Å². The van der Waals surface area contributed by atoms with Crippen LogP contribution in [0.25, 0.3) is 0 Å². The van der Waals surface area contributed by atoms with Crippen molar-refractivity contribution in [2.75, 3.05) is 11.9 Å². The Kier molecular flexibility index (Phi) is 7.35. The minimum absolute atomic E-state index is 0.266. The third-order valence-corrected chi connectivity index (χ3v) is 3.72. The molecule has 0 aliphatic rings. The van der Waals surface area contributed by atoms with Crippen molar-refractivity contribution in [2.24, 2.45) is 0 Å². The molecule has 0 unspecified atom stereocenters. The molecule has 2 aromatic rings. The summed E-state index contributed by atoms with van der Waals surface area (Å²) >= 11 is 5.23. The van der Waals surface area contributed by atoms with E-state index in [9.17, 15) is 9.18 Å². The van der Waals surface area contributed by atoms with Crippen molar-refractivity contribution in [1.29, 1.82) is 0 Å². The number of nitrogens with one attached hydrogen (secondary N) is 2. The fourth-order valence-corrected chi connectivity index (χ4v) is 2.23. The van der Waals surface area contributed by atoms with Gasteiger partial charge in [0.05, 0.1) is 12.2 Å². The maximum atomic E-state index is 12.9. The van der Waals surface area contributed by atoms with E-state index in [0.29, 0.717) is 23.8 Å². The fraction of sp³-hybridized carbons (Fsp3) is 0.263. The number of thiocarbonyl (C=S) groups is 1. The van der Waals surface area contributed by atoms with Gasteiger partial charge >= 0.3 is 5.97 Å². The molecule has 0 amide bonds. The predicted octanol–water partition coefficient (Wildman–Crippen LogP) is 4.27. The lowest BCUT2D eigenvalue weighted by atomic mass is 10.2. The summed E-state index contributed by atoms with van der Waals surface area (Å²) in [6.45, 7) is 2.97. The lowest BCUT2D eigenvalue weighted by Crippen LogP contribution is -2.27. The van der Waals surface area contributed by atoms with Gasteiger partial charge in [-0.3, -0.25) is 0 Å². The van der Waals surface area contributed by atoms with Gasteiger partial charge in [-0.2, -0.15) is 0 Å². The highest BCUT2D eigenvalue weighted by molar-refractivity contribution is 7.80. The number of hydrogen-bond acceptors (Lipinski definition) is 3. The molecule has 0 saturated carbocycles. The molecule has 2 aromatic carbocycles. The van der Waals surface area contributed by atoms with Gasteiger partial charge in [-0.15, -0.1) is 0 Å². The molecule has 2 rings (SSSR count). The van der Waals surface area contributed by atoms with Crippen molar-refractivity contribution in [2.45, 2.75) is 26.3 Å². The Morgan fingerprint density at radius 3 is 2.44 bits per heavy atom. The van der Waals surface area contributed by atoms with Crippen molar-refractivity contribution in [3.8, 4) is 0 Å². The number of rotatable bonds is 7. The third-order valence-electron chi connectivity index (χ3n) is 3.48. The molecule has 6 heteroatoms. The summed E-state index contributed by atoms with van der Waals surface area (Å²) in [5.41, 5.74) is 2.20. The van der Waals surface area contributed by atoms with Gasteiger partial charge in [0.1, 0.15) is 5.82 Å². The average Bonchev–Trinajstić information content (AvgIpc) is 2.62. The zero-order valence-corrected chi connectivity index (χ0v) is 14.9. The molecule has 4 nitrogen and oxygen atoms in total. The lowest BCUT2D eigenvalue weighted by Gasteiger charge is -2.11. The molecule has 0 aromatic heterocycles. The average molecular weight is 360 g/mol. The van der Waals surface area contributed by atoms with Crippen LogP contribution >= 0.6 is 12.2 Å². The number of benzene rings is 2. The van der Waals surface area contributed by atoms with Crippen LogP contribution in [0.5, 0.6) is 0 Å². The van der Waals surface area contributed by atoms with Gasteiger partial charge in [-0.25, -0.2) is 9.18 Å². The van der Waals surface area contributed by atoms with Gasteiger partial charge < -0.3 is 15.4 Å². The van der Waals surface area contributed by atoms with Gasteiger partial charge in [0.15, 0.2) is 5.11 Å². The number of ether oxygens (including phenoxy) is 1. The quantitative estimate of drug-likeness (QED) is 0.439. The second-order valence-corrected chi connectivity index (χ2v) is 5.91. The summed E-state index contributed by atoms with van der Waals surface area (Å²) in [7, 11) is 0. The van der Waals surface area contributed by atoms with Gasteiger partial charge in [0, 0.05) is 12.2 Å². The van der Waals surface area contributed by atoms with Crippen LogP contribution in [0.1, 0.15) is 35.7 Å². The third kappa shape index (κ3) is 6.51. The number of esters is 1. The van der Waals surface area contributed by atoms with Crippen LogP contribution in [-0.4, -0.2) is 17.7 Å². The molecular weight excluding hydrogens is 339 g/mol. The van der Waals surface area contributed by atoms with Crippen molar-refractivity contribution in [3.05, 3.63) is 65.5 Å². The zero-order chi connectivity index (χ0) is 18.1. The normalized spacial score (nSPS) is 10.2. The summed E-state index contributed by atoms with van der Waals surface area (Å²) in [5, 5.41) is 6.53. The van der Waals surface area contributed by atoms with E-state index in [-0.39, 0.29) is 11.8 Å². The number of unbranched alkanes of at least 4 members (excludes halogenated alkanes) is 1. The minimum atomic E-state index is -0.322. The molecule has 0 aliphatic carbocycles. The van der Waals surface area contributed by atoms with Crippen LogP contribution in [0.3, 0.4) is 0 Å². The van der Waals surface area contributed by atoms with E-state index >= 15 is 0 Å². The van der Waals surface area contributed by atoms with Crippen LogP contribution < -0.4 is 10.6 Å². The first-order chi connectivity index (χ1) is 12.1. The molecule has 0 spiro atoms. The molecular formula is C19H21FN2O2S. The summed E-state index contributed by atoms with van der Waals surface area (Å²) in [4.78, 5) is 11.8. The first kappa shape index (κ1) is 18.9. The largest absolute Gasteiger partial charge is 0.462 e. The Balaban J connectivity index is 1.80. The molecule has 0 heterocycles. The highest BCUT2D eigenvalue weighted by atomic mass is 32.1. The lowest BCUT2D eigenvalue weighted by molar-refractivity contribution is 0.0500. The van der Waals surface area contributed by atoms with Gasteiger partial charge in [-0.05, 0) is 60.6 Å². The number of anilines is 1. The predicted molar refractivity (Wildman–Crippen MR) is 101 cm³/mol. The topological polar surface area (TPSA) is 50.4 Å². The van der Waals surface area contributed by atoms with E-state index in [1.807, 2.05) is 6.92 Å². The number of carbonyl (C=O) groups is 1. The summed E-state index contributed by atoms with van der Waals surface area (Å²) < 4.78 is 18.0. The molecule has 0 fully saturated rings. The van der Waals surface area contributed by atoms with Gasteiger partial charge in [0.25, 0.3) is 0 Å². The van der Waals surface area contributed by atoms with Crippen LogP contribution in [0.4, 0.5) is 10.1 Å². The molecule has 0 radical (unpaired) electrons. The van der Waals surface area contributed by atoms with Crippen LogP contribution in [-0.2, 0) is 11.3 Å². The van der Waals surface area contributed by atoms with Crippen molar-refractivity contribution >= 4 is 29.0 Å². The maximum absolute atomic E-state index is 12.9. The summed E-state index contributed by atoms with van der Waals surface area (Å²) in [6, 6.07) is 13.1. The molecule has 0 aliphatic heterocycles. The molecule has 25 heavy (non-hydrogen) atoms. The summed E-state index contributed by atoms with van der Waals surface area (Å²) in [5.74, 6) is -0.588. The first-order valence-corrected chi connectivity index (χ1v) is 8.56. The van der Waals surface area contributed by atoms with Crippen LogP contribution in [0.15, 0.2) is 48.5 Å². The van der Waals surface area contributed by atoms with E-state index in [4.69, 9.17) is 17.0 Å². The standard InChI is InChI=1S/C19H21FN2O2S/c1-2-3-12-24-18(23)15-6-10-17(11-7-15)22-19(25)21-13-14-4-8-16(20)9-5-14/h4-11H,2-3,12-13H2,1H3,(H2,21,22,25). The van der Waals surface area contributed by atoms with Crippen molar-refractivity contribution in [1.82, 2.24) is 5.32 Å². The van der Waals surface area contributed by atoms with Gasteiger partial charge in [0.2, 0.25) is 0 Å². The fourth-order valence-electron chi connectivity index (χ4n) is 2.04. The Bertz CT molecular complexity index is 702. The van der Waals surface area contributed by atoms with E-state index in [2.05, 4.69) is 10.6 Å². The smallest absolute Gasteiger partial charge is 0.338 e. The molecule has 0 bridgehead atoms. The van der Waals surface area contributed by atoms with Crippen LogP contribution in [0.2, 0.25) is 0 Å². The SMILES string of the molecule is CCCCOC(=O)c1ccc(NC(=S)NCc2ccc(F)cc2)cc1. The Morgan fingerprint density at radius 2 is 1.80 bits per heavy atom.